The van der Waals surface area contributed by atoms with Gasteiger partial charge in [-0.3, -0.25) is 9.78 Å². The van der Waals surface area contributed by atoms with Crippen LogP contribution in [0.4, 0.5) is 5.95 Å². The zero-order valence-corrected chi connectivity index (χ0v) is 15.2. The van der Waals surface area contributed by atoms with Crippen LogP contribution >= 0.6 is 11.3 Å². The van der Waals surface area contributed by atoms with Gasteiger partial charge in [0, 0.05) is 25.5 Å². The van der Waals surface area contributed by atoms with E-state index in [0.29, 0.717) is 24.7 Å². The first-order chi connectivity index (χ1) is 13.3. The third-order valence-corrected chi connectivity index (χ3v) is 4.90. The number of thiophene rings is 1. The number of aromatic nitrogens is 3. The molecule has 0 unspecified atom stereocenters. The Hall–Kier alpha value is -3.32. The van der Waals surface area contributed by atoms with E-state index < -0.39 is 0 Å². The molecule has 6 nitrogen and oxygen atoms in total. The van der Waals surface area contributed by atoms with Gasteiger partial charge in [-0.1, -0.05) is 36.4 Å². The fourth-order valence-electron chi connectivity index (χ4n) is 2.64. The number of anilines is 1. The molecule has 134 valence electrons. The lowest BCUT2D eigenvalue weighted by Crippen LogP contribution is -2.24. The largest absolute Gasteiger partial charge is 0.350 e. The first kappa shape index (κ1) is 17.1. The summed E-state index contributed by atoms with van der Waals surface area (Å²) in [5.74, 6) is 0.216. The van der Waals surface area contributed by atoms with Gasteiger partial charge >= 0.3 is 0 Å². The van der Waals surface area contributed by atoms with Gasteiger partial charge in [0.15, 0.2) is 5.69 Å². The highest BCUT2D eigenvalue weighted by molar-refractivity contribution is 7.17. The van der Waals surface area contributed by atoms with E-state index in [0.717, 1.165) is 21.3 Å². The summed E-state index contributed by atoms with van der Waals surface area (Å²) in [6.45, 7) is 0.990. The minimum absolute atomic E-state index is 0.225. The molecule has 0 bridgehead atoms. The molecule has 0 aliphatic carbocycles. The maximum atomic E-state index is 12.7. The number of carbonyl (C=O) groups excluding carboxylic acids is 1. The maximum Gasteiger partial charge on any atom is 0.271 e. The second-order valence-corrected chi connectivity index (χ2v) is 6.83. The van der Waals surface area contributed by atoms with E-state index in [1.165, 1.54) is 11.3 Å². The van der Waals surface area contributed by atoms with Gasteiger partial charge in [0.1, 0.15) is 0 Å². The third-order valence-electron chi connectivity index (χ3n) is 3.99. The number of hydrogen-bond acceptors (Lipinski definition) is 6. The number of carbonyl (C=O) groups is 1. The van der Waals surface area contributed by atoms with Crippen molar-refractivity contribution in [2.75, 3.05) is 5.32 Å². The molecule has 3 aromatic heterocycles. The highest BCUT2D eigenvalue weighted by Gasteiger charge is 2.16. The Morgan fingerprint density at radius 3 is 2.63 bits per heavy atom. The molecule has 4 aromatic rings. The predicted octanol–water partition coefficient (Wildman–Crippen LogP) is 3.63. The van der Waals surface area contributed by atoms with Crippen LogP contribution in [0, 0.1) is 0 Å². The number of benzene rings is 1. The number of rotatable bonds is 6. The molecule has 27 heavy (non-hydrogen) atoms. The standard InChI is InChI=1S/C20H17N5OS/c26-19(22-13-15-7-4-9-21-11-15)17-18-16(8-10-27-18)24-20(25-17)23-12-14-5-2-1-3-6-14/h1-11H,12-13H2,(H,22,26)(H,23,24,25). The molecule has 2 N–H and O–H groups in total. The Labute approximate surface area is 160 Å². The summed E-state index contributed by atoms with van der Waals surface area (Å²) >= 11 is 1.46. The topological polar surface area (TPSA) is 79.8 Å². The first-order valence-electron chi connectivity index (χ1n) is 8.50. The zero-order valence-electron chi connectivity index (χ0n) is 14.4. The van der Waals surface area contributed by atoms with Crippen molar-refractivity contribution in [2.24, 2.45) is 0 Å². The van der Waals surface area contributed by atoms with Crippen molar-refractivity contribution in [1.29, 1.82) is 0 Å². The fourth-order valence-corrected chi connectivity index (χ4v) is 3.46. The van der Waals surface area contributed by atoms with E-state index in [4.69, 9.17) is 0 Å². The normalized spacial score (nSPS) is 10.7. The smallest absolute Gasteiger partial charge is 0.271 e. The molecule has 0 fully saturated rings. The highest BCUT2D eigenvalue weighted by Crippen LogP contribution is 2.24. The van der Waals surface area contributed by atoms with Crippen molar-refractivity contribution in [1.82, 2.24) is 20.3 Å². The molecule has 1 amide bonds. The lowest BCUT2D eigenvalue weighted by Gasteiger charge is -2.09. The number of pyridine rings is 1. The number of fused-ring (bicyclic) bond motifs is 1. The molecule has 0 radical (unpaired) electrons. The van der Waals surface area contributed by atoms with Crippen LogP contribution in [0.1, 0.15) is 21.6 Å². The van der Waals surface area contributed by atoms with Crippen molar-refractivity contribution in [2.45, 2.75) is 13.1 Å². The summed E-state index contributed by atoms with van der Waals surface area (Å²) in [6, 6.07) is 15.6. The molecule has 0 aliphatic heterocycles. The van der Waals surface area contributed by atoms with Crippen LogP contribution in [-0.2, 0) is 13.1 Å². The quantitative estimate of drug-likeness (QED) is 0.538. The molecule has 0 saturated heterocycles. The molecule has 1 aromatic carbocycles. The van der Waals surface area contributed by atoms with Crippen LogP contribution in [-0.4, -0.2) is 20.9 Å². The number of nitrogens with one attached hydrogen (secondary N) is 2. The lowest BCUT2D eigenvalue weighted by atomic mass is 10.2. The molecule has 0 spiro atoms. The van der Waals surface area contributed by atoms with Gasteiger partial charge in [0.25, 0.3) is 5.91 Å². The number of amides is 1. The zero-order chi connectivity index (χ0) is 18.5. The van der Waals surface area contributed by atoms with Crippen LogP contribution < -0.4 is 10.6 Å². The second kappa shape index (κ2) is 7.92. The van der Waals surface area contributed by atoms with Crippen molar-refractivity contribution >= 4 is 33.4 Å². The summed E-state index contributed by atoms with van der Waals surface area (Å²) in [5, 5.41) is 8.03. The van der Waals surface area contributed by atoms with Crippen molar-refractivity contribution in [3.8, 4) is 0 Å². The van der Waals surface area contributed by atoms with Gasteiger partial charge in [-0.05, 0) is 28.6 Å². The first-order valence-corrected chi connectivity index (χ1v) is 9.38. The monoisotopic (exact) mass is 375 g/mol. The Morgan fingerprint density at radius 2 is 1.81 bits per heavy atom. The maximum absolute atomic E-state index is 12.7. The molecule has 0 atom stereocenters. The average molecular weight is 375 g/mol. The van der Waals surface area contributed by atoms with Gasteiger partial charge in [-0.15, -0.1) is 11.3 Å². The molecule has 3 heterocycles. The van der Waals surface area contributed by atoms with Gasteiger partial charge < -0.3 is 10.6 Å². The Balaban J connectivity index is 1.54. The van der Waals surface area contributed by atoms with E-state index in [1.54, 1.807) is 12.4 Å². The van der Waals surface area contributed by atoms with Crippen molar-refractivity contribution < 1.29 is 4.79 Å². The Kier molecular flexibility index (Phi) is 5.02. The molecule has 4 rings (SSSR count). The van der Waals surface area contributed by atoms with E-state index in [9.17, 15) is 4.79 Å². The van der Waals surface area contributed by atoms with E-state index in [-0.39, 0.29) is 5.91 Å². The minimum Gasteiger partial charge on any atom is -0.350 e. The van der Waals surface area contributed by atoms with Crippen LogP contribution in [0.2, 0.25) is 0 Å². The van der Waals surface area contributed by atoms with Crippen LogP contribution in [0.3, 0.4) is 0 Å². The Morgan fingerprint density at radius 1 is 0.963 bits per heavy atom. The molecule has 0 saturated carbocycles. The Bertz CT molecular complexity index is 1050. The van der Waals surface area contributed by atoms with E-state index in [1.807, 2.05) is 53.9 Å². The van der Waals surface area contributed by atoms with Gasteiger partial charge in [-0.25, -0.2) is 9.97 Å². The van der Waals surface area contributed by atoms with Gasteiger partial charge in [0.2, 0.25) is 5.95 Å². The van der Waals surface area contributed by atoms with Crippen molar-refractivity contribution in [3.05, 3.63) is 83.1 Å². The lowest BCUT2D eigenvalue weighted by molar-refractivity contribution is 0.0948. The number of nitrogens with zero attached hydrogens (tertiary/aromatic N) is 3. The number of hydrogen-bond donors (Lipinski definition) is 2. The molecule has 7 heteroatoms. The minimum atomic E-state index is -0.225. The van der Waals surface area contributed by atoms with Crippen LogP contribution in [0.5, 0.6) is 0 Å². The van der Waals surface area contributed by atoms with Gasteiger partial charge in [0.05, 0.1) is 10.2 Å². The average Bonchev–Trinajstić information content (AvgIpc) is 3.20. The highest BCUT2D eigenvalue weighted by atomic mass is 32.1. The fraction of sp³-hybridized carbons (Fsp3) is 0.100. The predicted molar refractivity (Wildman–Crippen MR) is 107 cm³/mol. The van der Waals surface area contributed by atoms with Gasteiger partial charge in [-0.2, -0.15) is 0 Å². The van der Waals surface area contributed by atoms with Crippen LogP contribution in [0.25, 0.3) is 10.2 Å². The summed E-state index contributed by atoms with van der Waals surface area (Å²) < 4.78 is 0.781. The van der Waals surface area contributed by atoms with E-state index >= 15 is 0 Å². The summed E-state index contributed by atoms with van der Waals surface area (Å²) in [6.07, 6.45) is 3.43. The molecule has 0 aliphatic rings. The summed E-state index contributed by atoms with van der Waals surface area (Å²) in [5.41, 5.74) is 3.20. The van der Waals surface area contributed by atoms with E-state index in [2.05, 4.69) is 25.6 Å². The van der Waals surface area contributed by atoms with Crippen LogP contribution in [0.15, 0.2) is 66.3 Å². The van der Waals surface area contributed by atoms with Crippen molar-refractivity contribution in [3.63, 3.8) is 0 Å². The summed E-state index contributed by atoms with van der Waals surface area (Å²) in [4.78, 5) is 25.7. The molecular formula is C20H17N5OS. The SMILES string of the molecule is O=C(NCc1cccnc1)c1nc(NCc2ccccc2)nc2ccsc12. The second-order valence-electron chi connectivity index (χ2n) is 5.91. The molecular weight excluding hydrogens is 358 g/mol. The third kappa shape index (κ3) is 4.09. The summed E-state index contributed by atoms with van der Waals surface area (Å²) in [7, 11) is 0.